The van der Waals surface area contributed by atoms with Crippen LogP contribution in [0.2, 0.25) is 0 Å². The first-order valence-corrected chi connectivity index (χ1v) is 6.38. The molecule has 0 aliphatic rings. The van der Waals surface area contributed by atoms with Gasteiger partial charge in [-0.1, -0.05) is 13.8 Å². The quantitative estimate of drug-likeness (QED) is 0.794. The monoisotopic (exact) mass is 303 g/mol. The number of hydrogen-bond acceptors (Lipinski definition) is 2. The van der Waals surface area contributed by atoms with Crippen molar-refractivity contribution >= 4 is 11.9 Å². The van der Waals surface area contributed by atoms with Gasteiger partial charge in [0.1, 0.15) is 0 Å². The molecule has 0 radical (unpaired) electrons. The van der Waals surface area contributed by atoms with Gasteiger partial charge in [0.15, 0.2) is 17.5 Å². The summed E-state index contributed by atoms with van der Waals surface area (Å²) in [6, 6.07) is 1.44. The SMILES string of the molecule is CC(C)CC(CNC(=O)c1ccc(F)c(F)c1F)C(=O)O. The molecule has 0 heterocycles. The Labute approximate surface area is 120 Å². The second-order valence-corrected chi connectivity index (χ2v) is 5.10. The van der Waals surface area contributed by atoms with E-state index >= 15 is 0 Å². The maximum absolute atomic E-state index is 13.4. The van der Waals surface area contributed by atoms with E-state index in [2.05, 4.69) is 5.32 Å². The van der Waals surface area contributed by atoms with E-state index < -0.39 is 40.8 Å². The van der Waals surface area contributed by atoms with Crippen LogP contribution in [0.1, 0.15) is 30.6 Å². The Kier molecular flexibility index (Phi) is 5.75. The minimum atomic E-state index is -1.74. The number of halogens is 3. The van der Waals surface area contributed by atoms with Crippen LogP contribution in [0, 0.1) is 29.3 Å². The molecule has 4 nitrogen and oxygen atoms in total. The van der Waals surface area contributed by atoms with Gasteiger partial charge in [-0.3, -0.25) is 9.59 Å². The molecule has 1 amide bonds. The van der Waals surface area contributed by atoms with E-state index in [1.165, 1.54) is 0 Å². The lowest BCUT2D eigenvalue weighted by Gasteiger charge is -2.15. The normalized spacial score (nSPS) is 12.3. The number of aliphatic carboxylic acids is 1. The zero-order valence-corrected chi connectivity index (χ0v) is 11.6. The molecule has 0 fully saturated rings. The van der Waals surface area contributed by atoms with Crippen LogP contribution in [0.25, 0.3) is 0 Å². The Bertz CT molecular complexity index is 547. The van der Waals surface area contributed by atoms with Gasteiger partial charge in [0.25, 0.3) is 5.91 Å². The highest BCUT2D eigenvalue weighted by atomic mass is 19.2. The highest BCUT2D eigenvalue weighted by Crippen LogP contribution is 2.16. The fourth-order valence-electron chi connectivity index (χ4n) is 1.85. The molecule has 1 rings (SSSR count). The lowest BCUT2D eigenvalue weighted by molar-refractivity contribution is -0.142. The first-order chi connectivity index (χ1) is 9.73. The molecule has 0 aliphatic heterocycles. The maximum Gasteiger partial charge on any atom is 0.308 e. The predicted molar refractivity (Wildman–Crippen MR) is 69.2 cm³/mol. The number of carbonyl (C=O) groups excluding carboxylic acids is 1. The maximum atomic E-state index is 13.4. The van der Waals surface area contributed by atoms with Gasteiger partial charge in [-0.05, 0) is 24.5 Å². The molecule has 0 bridgehead atoms. The van der Waals surface area contributed by atoms with Crippen molar-refractivity contribution in [2.75, 3.05) is 6.54 Å². The Hall–Kier alpha value is -2.05. The van der Waals surface area contributed by atoms with Crippen molar-refractivity contribution in [3.05, 3.63) is 35.1 Å². The predicted octanol–water partition coefficient (Wildman–Crippen LogP) is 2.58. The molecule has 1 aromatic rings. The van der Waals surface area contributed by atoms with Crippen LogP contribution in [0.3, 0.4) is 0 Å². The van der Waals surface area contributed by atoms with Gasteiger partial charge in [-0.2, -0.15) is 0 Å². The second kappa shape index (κ2) is 7.10. The van der Waals surface area contributed by atoms with Gasteiger partial charge in [0.05, 0.1) is 11.5 Å². The van der Waals surface area contributed by atoms with Crippen LogP contribution in [0.5, 0.6) is 0 Å². The van der Waals surface area contributed by atoms with E-state index in [4.69, 9.17) is 5.11 Å². The molecule has 0 spiro atoms. The number of benzene rings is 1. The first kappa shape index (κ1) is 17.0. The fourth-order valence-corrected chi connectivity index (χ4v) is 1.85. The van der Waals surface area contributed by atoms with Gasteiger partial charge in [0.2, 0.25) is 0 Å². The van der Waals surface area contributed by atoms with E-state index in [9.17, 15) is 22.8 Å². The lowest BCUT2D eigenvalue weighted by atomic mass is 9.97. The number of carbonyl (C=O) groups is 2. The van der Waals surface area contributed by atoms with Gasteiger partial charge in [-0.15, -0.1) is 0 Å². The van der Waals surface area contributed by atoms with Crippen LogP contribution >= 0.6 is 0 Å². The smallest absolute Gasteiger partial charge is 0.308 e. The molecule has 0 aliphatic carbocycles. The lowest BCUT2D eigenvalue weighted by Crippen LogP contribution is -2.34. The van der Waals surface area contributed by atoms with E-state index in [1.54, 1.807) is 0 Å². The minimum absolute atomic E-state index is 0.100. The van der Waals surface area contributed by atoms with Crippen LogP contribution < -0.4 is 5.32 Å². The molecular formula is C14H16F3NO3. The molecule has 0 saturated heterocycles. The van der Waals surface area contributed by atoms with Crippen LogP contribution in [0.15, 0.2) is 12.1 Å². The van der Waals surface area contributed by atoms with Crippen LogP contribution in [-0.2, 0) is 4.79 Å². The summed E-state index contributed by atoms with van der Waals surface area (Å²) in [6.07, 6.45) is 0.329. The largest absolute Gasteiger partial charge is 0.481 e. The molecule has 1 atom stereocenters. The molecule has 7 heteroatoms. The van der Waals surface area contributed by atoms with Crippen LogP contribution in [0.4, 0.5) is 13.2 Å². The third kappa shape index (κ3) is 4.47. The van der Waals surface area contributed by atoms with Gasteiger partial charge < -0.3 is 10.4 Å². The molecule has 116 valence electrons. The van der Waals surface area contributed by atoms with Crippen molar-refractivity contribution in [3.63, 3.8) is 0 Å². The summed E-state index contributed by atoms with van der Waals surface area (Å²) in [7, 11) is 0. The molecule has 0 aromatic heterocycles. The van der Waals surface area contributed by atoms with Crippen molar-refractivity contribution in [2.45, 2.75) is 20.3 Å². The fraction of sp³-hybridized carbons (Fsp3) is 0.429. The van der Waals surface area contributed by atoms with Crippen molar-refractivity contribution in [1.82, 2.24) is 5.32 Å². The van der Waals surface area contributed by atoms with E-state index in [-0.39, 0.29) is 12.5 Å². The van der Waals surface area contributed by atoms with E-state index in [0.29, 0.717) is 12.5 Å². The minimum Gasteiger partial charge on any atom is -0.481 e. The summed E-state index contributed by atoms with van der Waals surface area (Å²) in [5.41, 5.74) is -0.664. The Morgan fingerprint density at radius 1 is 1.19 bits per heavy atom. The number of hydrogen-bond donors (Lipinski definition) is 2. The van der Waals surface area contributed by atoms with E-state index in [1.807, 2.05) is 13.8 Å². The summed E-state index contributed by atoms with van der Waals surface area (Å²) >= 11 is 0. The van der Waals surface area contributed by atoms with Crippen molar-refractivity contribution in [2.24, 2.45) is 11.8 Å². The third-order valence-corrected chi connectivity index (χ3v) is 2.89. The van der Waals surface area contributed by atoms with E-state index in [0.717, 1.165) is 6.07 Å². The average molecular weight is 303 g/mol. The highest BCUT2D eigenvalue weighted by Gasteiger charge is 2.22. The second-order valence-electron chi connectivity index (χ2n) is 5.10. The first-order valence-electron chi connectivity index (χ1n) is 6.38. The Morgan fingerprint density at radius 3 is 2.33 bits per heavy atom. The summed E-state index contributed by atoms with van der Waals surface area (Å²) in [4.78, 5) is 22.7. The topological polar surface area (TPSA) is 66.4 Å². The molecule has 2 N–H and O–H groups in total. The average Bonchev–Trinajstić information content (AvgIpc) is 2.40. The van der Waals surface area contributed by atoms with Crippen molar-refractivity contribution in [3.8, 4) is 0 Å². The number of amides is 1. The molecule has 1 aromatic carbocycles. The molecular weight excluding hydrogens is 287 g/mol. The highest BCUT2D eigenvalue weighted by molar-refractivity contribution is 5.94. The summed E-state index contributed by atoms with van der Waals surface area (Å²) in [6.45, 7) is 3.43. The van der Waals surface area contributed by atoms with Gasteiger partial charge in [-0.25, -0.2) is 13.2 Å². The summed E-state index contributed by atoms with van der Waals surface area (Å²) in [5.74, 6) is -7.53. The standard InChI is InChI=1S/C14H16F3NO3/c1-7(2)5-8(14(20)21)6-18-13(19)9-3-4-10(15)12(17)11(9)16/h3-4,7-8H,5-6H2,1-2H3,(H,18,19)(H,20,21). The van der Waals surface area contributed by atoms with Crippen molar-refractivity contribution in [1.29, 1.82) is 0 Å². The van der Waals surface area contributed by atoms with Gasteiger partial charge >= 0.3 is 5.97 Å². The summed E-state index contributed by atoms with van der Waals surface area (Å²) < 4.78 is 39.2. The number of nitrogens with one attached hydrogen (secondary N) is 1. The molecule has 1 unspecified atom stereocenters. The zero-order valence-electron chi connectivity index (χ0n) is 11.6. The zero-order chi connectivity index (χ0) is 16.2. The third-order valence-electron chi connectivity index (χ3n) is 2.89. The Morgan fingerprint density at radius 2 is 1.81 bits per heavy atom. The molecule has 0 saturated carbocycles. The summed E-state index contributed by atoms with van der Waals surface area (Å²) in [5, 5.41) is 11.2. The van der Waals surface area contributed by atoms with Gasteiger partial charge in [0, 0.05) is 6.54 Å². The molecule has 21 heavy (non-hydrogen) atoms. The number of rotatable bonds is 6. The number of carboxylic acid groups (broad SMARTS) is 1. The number of carboxylic acids is 1. The van der Waals surface area contributed by atoms with Crippen molar-refractivity contribution < 1.29 is 27.9 Å². The van der Waals surface area contributed by atoms with Crippen LogP contribution in [-0.4, -0.2) is 23.5 Å². The Balaban J connectivity index is 2.77.